The van der Waals surface area contributed by atoms with Crippen LogP contribution < -0.4 is 0 Å². The Hall–Kier alpha value is -0.540. The van der Waals surface area contributed by atoms with Gasteiger partial charge in [0.2, 0.25) is 0 Å². The van der Waals surface area contributed by atoms with Crippen LogP contribution in [0.4, 0.5) is 0 Å². The highest BCUT2D eigenvalue weighted by Crippen LogP contribution is 2.20. The quantitative estimate of drug-likeness (QED) is 0.817. The highest BCUT2D eigenvalue weighted by Gasteiger charge is 2.16. The molecule has 0 saturated carbocycles. The van der Waals surface area contributed by atoms with Gasteiger partial charge in [0.1, 0.15) is 0 Å². The molecule has 0 bridgehead atoms. The molecular weight excluding hydrogens is 228 g/mol. The summed E-state index contributed by atoms with van der Waals surface area (Å²) in [5, 5.41) is 0.843. The van der Waals surface area contributed by atoms with Crippen LogP contribution in [-0.4, -0.2) is 41.0 Å². The maximum absolute atomic E-state index is 4.06. The average molecular weight is 250 g/mol. The minimum Gasteiger partial charge on any atom is -0.302 e. The van der Waals surface area contributed by atoms with Gasteiger partial charge in [-0.3, -0.25) is 4.98 Å². The fourth-order valence-corrected chi connectivity index (χ4v) is 3.17. The van der Waals surface area contributed by atoms with Crippen LogP contribution >= 0.6 is 11.8 Å². The molecule has 1 aliphatic heterocycles. The van der Waals surface area contributed by atoms with Crippen LogP contribution in [0.25, 0.3) is 0 Å². The van der Waals surface area contributed by atoms with Crippen molar-refractivity contribution in [3.63, 3.8) is 0 Å². The first-order chi connectivity index (χ1) is 8.38. The Labute approximate surface area is 109 Å². The minimum atomic E-state index is 0.843. The molecule has 0 radical (unpaired) electrons. The van der Waals surface area contributed by atoms with Gasteiger partial charge in [-0.1, -0.05) is 6.42 Å². The molecular formula is C14H22N2S. The van der Waals surface area contributed by atoms with Crippen molar-refractivity contribution in [3.05, 3.63) is 30.1 Å². The monoisotopic (exact) mass is 250 g/mol. The number of aromatic nitrogens is 1. The second-order valence-corrected chi connectivity index (χ2v) is 5.90. The van der Waals surface area contributed by atoms with Crippen molar-refractivity contribution in [1.29, 1.82) is 0 Å². The Morgan fingerprint density at radius 1 is 1.35 bits per heavy atom. The van der Waals surface area contributed by atoms with Gasteiger partial charge in [-0.2, -0.15) is 11.8 Å². The Bertz CT molecular complexity index is 315. The first kappa shape index (κ1) is 12.9. The molecule has 2 rings (SSSR count). The zero-order valence-electron chi connectivity index (χ0n) is 10.6. The molecule has 1 aromatic heterocycles. The van der Waals surface area contributed by atoms with Crippen molar-refractivity contribution >= 4 is 11.8 Å². The highest BCUT2D eigenvalue weighted by atomic mass is 32.2. The number of rotatable bonds is 4. The SMILES string of the molecule is CS[C@H]1CCCCN(CCc2ccncc2)C1. The molecule has 1 aliphatic rings. The third-order valence-corrected chi connectivity index (χ3v) is 4.56. The van der Waals surface area contributed by atoms with Gasteiger partial charge in [0, 0.05) is 30.7 Å². The van der Waals surface area contributed by atoms with Gasteiger partial charge in [0.25, 0.3) is 0 Å². The molecule has 2 nitrogen and oxygen atoms in total. The van der Waals surface area contributed by atoms with Crippen LogP contribution in [0.1, 0.15) is 24.8 Å². The van der Waals surface area contributed by atoms with E-state index in [0.717, 1.165) is 11.7 Å². The van der Waals surface area contributed by atoms with E-state index in [1.165, 1.54) is 44.5 Å². The number of hydrogen-bond acceptors (Lipinski definition) is 3. The van der Waals surface area contributed by atoms with E-state index in [1.807, 2.05) is 24.2 Å². The van der Waals surface area contributed by atoms with E-state index in [0.29, 0.717) is 0 Å². The number of nitrogens with zero attached hydrogens (tertiary/aromatic N) is 2. The molecule has 0 aliphatic carbocycles. The van der Waals surface area contributed by atoms with Gasteiger partial charge in [0.05, 0.1) is 0 Å². The van der Waals surface area contributed by atoms with E-state index < -0.39 is 0 Å². The second kappa shape index (κ2) is 7.02. The van der Waals surface area contributed by atoms with Crippen molar-refractivity contribution in [2.75, 3.05) is 25.9 Å². The molecule has 0 N–H and O–H groups in total. The van der Waals surface area contributed by atoms with Gasteiger partial charge in [-0.05, 0) is 49.8 Å². The molecule has 1 aromatic rings. The molecule has 1 fully saturated rings. The van der Waals surface area contributed by atoms with Crippen LogP contribution in [0.3, 0.4) is 0 Å². The largest absolute Gasteiger partial charge is 0.302 e. The fourth-order valence-electron chi connectivity index (χ4n) is 2.41. The molecule has 0 spiro atoms. The lowest BCUT2D eigenvalue weighted by molar-refractivity contribution is 0.291. The number of thioether (sulfide) groups is 1. The van der Waals surface area contributed by atoms with Crippen molar-refractivity contribution < 1.29 is 0 Å². The fraction of sp³-hybridized carbons (Fsp3) is 0.643. The molecule has 0 amide bonds. The molecule has 2 heterocycles. The maximum Gasteiger partial charge on any atom is 0.0270 e. The third-order valence-electron chi connectivity index (χ3n) is 3.51. The lowest BCUT2D eigenvalue weighted by Gasteiger charge is -2.23. The van der Waals surface area contributed by atoms with Crippen LogP contribution in [0.15, 0.2) is 24.5 Å². The molecule has 17 heavy (non-hydrogen) atoms. The van der Waals surface area contributed by atoms with Crippen molar-refractivity contribution in [1.82, 2.24) is 9.88 Å². The summed E-state index contributed by atoms with van der Waals surface area (Å²) in [6.45, 7) is 3.75. The Balaban J connectivity index is 1.81. The van der Waals surface area contributed by atoms with E-state index in [4.69, 9.17) is 0 Å². The van der Waals surface area contributed by atoms with Gasteiger partial charge in [-0.15, -0.1) is 0 Å². The Morgan fingerprint density at radius 2 is 2.18 bits per heavy atom. The van der Waals surface area contributed by atoms with Crippen LogP contribution in [0, 0.1) is 0 Å². The van der Waals surface area contributed by atoms with Crippen molar-refractivity contribution in [2.45, 2.75) is 30.9 Å². The predicted molar refractivity (Wildman–Crippen MR) is 75.5 cm³/mol. The summed E-state index contributed by atoms with van der Waals surface area (Å²) in [5.74, 6) is 0. The smallest absolute Gasteiger partial charge is 0.0270 e. The lowest BCUT2D eigenvalue weighted by Crippen LogP contribution is -2.31. The standard InChI is InChI=1S/C14H22N2S/c1-17-14-4-2-3-10-16(12-14)11-7-13-5-8-15-9-6-13/h5-6,8-9,14H,2-4,7,10-12H2,1H3/t14-/m0/s1. The number of likely N-dealkylation sites (tertiary alicyclic amines) is 1. The number of hydrogen-bond donors (Lipinski definition) is 0. The molecule has 0 aromatic carbocycles. The molecule has 0 unspecified atom stereocenters. The van der Waals surface area contributed by atoms with Gasteiger partial charge >= 0.3 is 0 Å². The van der Waals surface area contributed by atoms with Crippen LogP contribution in [0.5, 0.6) is 0 Å². The lowest BCUT2D eigenvalue weighted by atomic mass is 10.2. The average Bonchev–Trinajstić information content (AvgIpc) is 2.62. The van der Waals surface area contributed by atoms with E-state index in [-0.39, 0.29) is 0 Å². The highest BCUT2D eigenvalue weighted by molar-refractivity contribution is 7.99. The van der Waals surface area contributed by atoms with Gasteiger partial charge < -0.3 is 4.90 Å². The van der Waals surface area contributed by atoms with Gasteiger partial charge in [-0.25, -0.2) is 0 Å². The summed E-state index contributed by atoms with van der Waals surface area (Å²) >= 11 is 2.03. The predicted octanol–water partition coefficient (Wildman–Crippen LogP) is 2.84. The zero-order chi connectivity index (χ0) is 11.9. The number of pyridine rings is 1. The van der Waals surface area contributed by atoms with Crippen LogP contribution in [-0.2, 0) is 6.42 Å². The molecule has 94 valence electrons. The normalized spacial score (nSPS) is 22.3. The summed E-state index contributed by atoms with van der Waals surface area (Å²) < 4.78 is 0. The minimum absolute atomic E-state index is 0.843. The summed E-state index contributed by atoms with van der Waals surface area (Å²) in [7, 11) is 0. The summed E-state index contributed by atoms with van der Waals surface area (Å²) in [6.07, 6.45) is 11.4. The van der Waals surface area contributed by atoms with Crippen LogP contribution in [0.2, 0.25) is 0 Å². The maximum atomic E-state index is 4.06. The first-order valence-corrected chi connectivity index (χ1v) is 7.81. The Morgan fingerprint density at radius 3 is 2.94 bits per heavy atom. The first-order valence-electron chi connectivity index (χ1n) is 6.52. The topological polar surface area (TPSA) is 16.1 Å². The second-order valence-electron chi connectivity index (χ2n) is 4.76. The van der Waals surface area contributed by atoms with E-state index >= 15 is 0 Å². The summed E-state index contributed by atoms with van der Waals surface area (Å²) in [4.78, 5) is 6.70. The zero-order valence-corrected chi connectivity index (χ0v) is 11.5. The van der Waals surface area contributed by atoms with E-state index in [2.05, 4.69) is 28.3 Å². The summed E-state index contributed by atoms with van der Waals surface area (Å²) in [5.41, 5.74) is 1.41. The van der Waals surface area contributed by atoms with Gasteiger partial charge in [0.15, 0.2) is 0 Å². The van der Waals surface area contributed by atoms with Crippen molar-refractivity contribution in [2.24, 2.45) is 0 Å². The molecule has 3 heteroatoms. The van der Waals surface area contributed by atoms with Crippen molar-refractivity contribution in [3.8, 4) is 0 Å². The van der Waals surface area contributed by atoms with E-state index in [1.54, 1.807) is 0 Å². The Kier molecular flexibility index (Phi) is 5.33. The molecule has 1 atom stereocenters. The third kappa shape index (κ3) is 4.32. The van der Waals surface area contributed by atoms with E-state index in [9.17, 15) is 0 Å². The summed E-state index contributed by atoms with van der Waals surface area (Å²) in [6, 6.07) is 4.26. The molecule has 1 saturated heterocycles.